The zero-order chi connectivity index (χ0) is 19.4. The van der Waals surface area contributed by atoms with Gasteiger partial charge in [-0.05, 0) is 74.0 Å². The number of nitrogens with zero attached hydrogens (tertiary/aromatic N) is 1. The highest BCUT2D eigenvalue weighted by molar-refractivity contribution is 6.31. The van der Waals surface area contributed by atoms with Gasteiger partial charge in [-0.15, -0.1) is 0 Å². The first-order valence-corrected chi connectivity index (χ1v) is 11.5. The molecule has 148 valence electrons. The van der Waals surface area contributed by atoms with Gasteiger partial charge in [-0.3, -0.25) is 9.59 Å². The molecule has 0 radical (unpaired) electrons. The van der Waals surface area contributed by atoms with E-state index in [1.165, 1.54) is 42.6 Å². The fourth-order valence-corrected chi connectivity index (χ4v) is 8.37. The van der Waals surface area contributed by atoms with Crippen LogP contribution in [-0.4, -0.2) is 11.8 Å². The van der Waals surface area contributed by atoms with Crippen molar-refractivity contribution >= 4 is 29.1 Å². The average molecular weight is 406 g/mol. The van der Waals surface area contributed by atoms with E-state index in [9.17, 15) is 9.59 Å². The van der Waals surface area contributed by atoms with Crippen molar-refractivity contribution in [2.45, 2.75) is 32.1 Å². The van der Waals surface area contributed by atoms with Crippen LogP contribution in [0.5, 0.6) is 0 Å². The largest absolute Gasteiger partial charge is 0.274 e. The summed E-state index contributed by atoms with van der Waals surface area (Å²) in [5, 5.41) is 0.553. The number of benzene rings is 1. The van der Waals surface area contributed by atoms with Gasteiger partial charge < -0.3 is 0 Å². The Morgan fingerprint density at radius 1 is 0.793 bits per heavy atom. The third kappa shape index (κ3) is 2.10. The number of anilines is 1. The Morgan fingerprint density at radius 3 is 1.93 bits per heavy atom. The van der Waals surface area contributed by atoms with Gasteiger partial charge in [-0.2, -0.15) is 0 Å². The van der Waals surface area contributed by atoms with Gasteiger partial charge >= 0.3 is 0 Å². The van der Waals surface area contributed by atoms with Gasteiger partial charge in [0.2, 0.25) is 11.8 Å². The number of carbonyl (C=O) groups is 2. The highest BCUT2D eigenvalue weighted by Gasteiger charge is 2.63. The molecule has 0 unspecified atom stereocenters. The van der Waals surface area contributed by atoms with Crippen molar-refractivity contribution < 1.29 is 9.59 Å². The van der Waals surface area contributed by atoms with Crippen molar-refractivity contribution in [1.29, 1.82) is 0 Å². The molecular formula is C25H24ClNO2. The number of carbonyl (C=O) groups excluding carboxylic acids is 2. The quantitative estimate of drug-likeness (QED) is 0.486. The Bertz CT molecular complexity index is 959. The zero-order valence-electron chi connectivity index (χ0n) is 16.3. The van der Waals surface area contributed by atoms with Crippen LogP contribution in [0.1, 0.15) is 32.1 Å². The minimum absolute atomic E-state index is 0.0268. The molecule has 7 aliphatic rings. The molecule has 1 heterocycles. The zero-order valence-corrected chi connectivity index (χ0v) is 17.0. The summed E-state index contributed by atoms with van der Waals surface area (Å²) in [4.78, 5) is 28.3. The van der Waals surface area contributed by atoms with Gasteiger partial charge in [0.1, 0.15) is 0 Å². The summed E-state index contributed by atoms with van der Waals surface area (Å²) in [6.45, 7) is 0. The third-order valence-electron chi connectivity index (χ3n) is 8.83. The van der Waals surface area contributed by atoms with Crippen molar-refractivity contribution in [3.63, 3.8) is 0 Å². The van der Waals surface area contributed by atoms with Gasteiger partial charge in [0.05, 0.1) is 17.5 Å². The van der Waals surface area contributed by atoms with Crippen LogP contribution in [0.25, 0.3) is 0 Å². The highest BCUT2D eigenvalue weighted by atomic mass is 35.5. The molecule has 4 atom stereocenters. The molecule has 4 heteroatoms. The number of amides is 2. The molecule has 2 amide bonds. The second-order valence-electron chi connectivity index (χ2n) is 10.2. The van der Waals surface area contributed by atoms with E-state index in [1.807, 2.05) is 6.07 Å². The van der Waals surface area contributed by atoms with Crippen LogP contribution in [0.15, 0.2) is 47.6 Å². The molecule has 1 aromatic rings. The van der Waals surface area contributed by atoms with Crippen molar-refractivity contribution in [3.05, 3.63) is 52.6 Å². The molecule has 5 saturated carbocycles. The number of fused-ring (bicyclic) bond motifs is 5. The van der Waals surface area contributed by atoms with Crippen LogP contribution in [0.4, 0.5) is 5.69 Å². The van der Waals surface area contributed by atoms with Crippen LogP contribution in [0.3, 0.4) is 0 Å². The third-order valence-corrected chi connectivity index (χ3v) is 9.07. The van der Waals surface area contributed by atoms with Crippen molar-refractivity contribution in [2.75, 3.05) is 4.90 Å². The van der Waals surface area contributed by atoms with E-state index in [1.54, 1.807) is 23.8 Å². The van der Waals surface area contributed by atoms with E-state index < -0.39 is 0 Å². The molecule has 6 bridgehead atoms. The van der Waals surface area contributed by atoms with Crippen LogP contribution < -0.4 is 4.90 Å². The standard InChI is InChI=1S/C25H24ClNO2/c26-16-2-1-3-17(11-16)27-24(28)22-18-4-5-19(23(22)25(27)29)21(18)20-14-7-12-6-13(9-14)10-15(20)8-12/h1-5,11-15,18-19,22-23H,6-10H2/t12?,13?,14?,15?,18-,19-,22+,23+/m0/s1. The Morgan fingerprint density at radius 2 is 1.38 bits per heavy atom. The van der Waals surface area contributed by atoms with Crippen LogP contribution >= 0.6 is 11.6 Å². The topological polar surface area (TPSA) is 37.4 Å². The molecular weight excluding hydrogens is 382 g/mol. The maximum Gasteiger partial charge on any atom is 0.238 e. The Labute approximate surface area is 175 Å². The first-order valence-electron chi connectivity index (χ1n) is 11.2. The summed E-state index contributed by atoms with van der Waals surface area (Å²) in [6, 6.07) is 7.12. The lowest BCUT2D eigenvalue weighted by atomic mass is 9.53. The Kier molecular flexibility index (Phi) is 3.28. The second-order valence-corrected chi connectivity index (χ2v) is 10.6. The molecule has 1 aliphatic heterocycles. The summed E-state index contributed by atoms with van der Waals surface area (Å²) in [7, 11) is 0. The molecule has 3 nitrogen and oxygen atoms in total. The monoisotopic (exact) mass is 405 g/mol. The molecule has 0 N–H and O–H groups in total. The van der Waals surface area contributed by atoms with Gasteiger partial charge in [0, 0.05) is 16.9 Å². The second kappa shape index (κ2) is 5.63. The first kappa shape index (κ1) is 16.9. The Hall–Kier alpha value is -1.87. The lowest BCUT2D eigenvalue weighted by molar-refractivity contribution is -0.122. The minimum atomic E-state index is -0.212. The number of hydrogen-bond acceptors (Lipinski definition) is 2. The average Bonchev–Trinajstić information content (AvgIpc) is 3.31. The fourth-order valence-electron chi connectivity index (χ4n) is 8.18. The molecule has 8 rings (SSSR count). The van der Waals surface area contributed by atoms with Crippen LogP contribution in [0.2, 0.25) is 5.02 Å². The molecule has 6 aliphatic carbocycles. The molecule has 1 saturated heterocycles. The number of imide groups is 1. The summed E-state index contributed by atoms with van der Waals surface area (Å²) < 4.78 is 0. The predicted octanol–water partition coefficient (Wildman–Crippen LogP) is 5.01. The SMILES string of the molecule is O=C1[C@H]2[C@H](C(=O)N1c1cccc(Cl)c1)[C@H]1C=C[C@H]2C1=C1C2CC3CC(C2)CC1C3. The van der Waals surface area contributed by atoms with Crippen LogP contribution in [0, 0.1) is 47.3 Å². The smallest absolute Gasteiger partial charge is 0.238 e. The molecule has 0 spiro atoms. The van der Waals surface area contributed by atoms with Gasteiger partial charge in [0.15, 0.2) is 0 Å². The van der Waals surface area contributed by atoms with E-state index in [0.29, 0.717) is 10.7 Å². The number of hydrogen-bond donors (Lipinski definition) is 0. The summed E-state index contributed by atoms with van der Waals surface area (Å²) in [6.07, 6.45) is 11.3. The highest BCUT2D eigenvalue weighted by Crippen LogP contribution is 2.63. The normalized spacial score (nSPS) is 43.8. The summed E-state index contributed by atoms with van der Waals surface area (Å²) in [5.41, 5.74) is 3.79. The molecule has 1 aromatic carbocycles. The number of allylic oxidation sites excluding steroid dienone is 4. The van der Waals surface area contributed by atoms with Crippen molar-refractivity contribution in [2.24, 2.45) is 47.3 Å². The Balaban J connectivity index is 1.29. The van der Waals surface area contributed by atoms with Gasteiger partial charge in [-0.1, -0.05) is 41.0 Å². The minimum Gasteiger partial charge on any atom is -0.274 e. The molecule has 0 aromatic heterocycles. The molecule has 6 fully saturated rings. The van der Waals surface area contributed by atoms with E-state index >= 15 is 0 Å². The lowest BCUT2D eigenvalue weighted by Gasteiger charge is -2.52. The first-order chi connectivity index (χ1) is 14.1. The van der Waals surface area contributed by atoms with Gasteiger partial charge in [0.25, 0.3) is 0 Å². The summed E-state index contributed by atoms with van der Waals surface area (Å²) >= 11 is 6.13. The predicted molar refractivity (Wildman–Crippen MR) is 111 cm³/mol. The fraction of sp³-hybridized carbons (Fsp3) is 0.520. The number of halogens is 1. The number of rotatable bonds is 1. The molecule has 29 heavy (non-hydrogen) atoms. The summed E-state index contributed by atoms with van der Waals surface area (Å²) in [5.74, 6) is 3.09. The maximum absolute atomic E-state index is 13.4. The van der Waals surface area contributed by atoms with Crippen molar-refractivity contribution in [1.82, 2.24) is 0 Å². The van der Waals surface area contributed by atoms with E-state index in [4.69, 9.17) is 11.6 Å². The van der Waals surface area contributed by atoms with Crippen LogP contribution in [-0.2, 0) is 9.59 Å². The lowest BCUT2D eigenvalue weighted by Crippen LogP contribution is -2.41. The van der Waals surface area contributed by atoms with Crippen molar-refractivity contribution in [3.8, 4) is 0 Å². The van der Waals surface area contributed by atoms with E-state index in [-0.39, 0.29) is 35.5 Å². The maximum atomic E-state index is 13.4. The van der Waals surface area contributed by atoms with E-state index in [0.717, 1.165) is 23.7 Å². The van der Waals surface area contributed by atoms with Gasteiger partial charge in [-0.25, -0.2) is 4.90 Å². The van der Waals surface area contributed by atoms with E-state index in [2.05, 4.69) is 12.2 Å².